The highest BCUT2D eigenvalue weighted by Crippen LogP contribution is 2.41. The van der Waals surface area contributed by atoms with E-state index in [2.05, 4.69) is 16.9 Å². The molecule has 37 heavy (non-hydrogen) atoms. The lowest BCUT2D eigenvalue weighted by molar-refractivity contribution is 0.0698. The number of ether oxygens (including phenoxy) is 1. The zero-order valence-electron chi connectivity index (χ0n) is 20.6. The zero-order chi connectivity index (χ0) is 26.7. The molecule has 188 valence electrons. The van der Waals surface area contributed by atoms with E-state index in [4.69, 9.17) is 15.6 Å². The summed E-state index contributed by atoms with van der Waals surface area (Å²) in [6.45, 7) is 7.69. The molecule has 0 bridgehead atoms. The molecule has 8 nitrogen and oxygen atoms in total. The largest absolute Gasteiger partial charge is 0.493 e. The summed E-state index contributed by atoms with van der Waals surface area (Å²) in [5.74, 6) is -1.42. The van der Waals surface area contributed by atoms with Crippen LogP contribution in [-0.2, 0) is 4.74 Å². The van der Waals surface area contributed by atoms with Gasteiger partial charge in [0.15, 0.2) is 11.6 Å². The molecule has 0 saturated heterocycles. The molecule has 1 aromatic heterocycles. The first-order valence-corrected chi connectivity index (χ1v) is 11.3. The Balaban J connectivity index is 2.00. The van der Waals surface area contributed by atoms with Crippen molar-refractivity contribution in [3.63, 3.8) is 0 Å². The summed E-state index contributed by atoms with van der Waals surface area (Å²) in [5.41, 5.74) is 9.26. The number of aliphatic imine (C=N–C) groups is 1. The molecule has 1 heterocycles. The normalized spacial score (nSPS) is 14.9. The molecular weight excluding hydrogens is 473 g/mol. The number of rotatable bonds is 7. The number of halogens is 1. The van der Waals surface area contributed by atoms with Crippen molar-refractivity contribution in [3.05, 3.63) is 113 Å². The van der Waals surface area contributed by atoms with Gasteiger partial charge in [0.2, 0.25) is 0 Å². The van der Waals surface area contributed by atoms with Crippen molar-refractivity contribution < 1.29 is 19.0 Å². The lowest BCUT2D eigenvalue weighted by Gasteiger charge is -2.21. The van der Waals surface area contributed by atoms with Crippen LogP contribution in [0.3, 0.4) is 0 Å². The number of aryl methyl sites for hydroxylation is 2. The molecule has 0 atom stereocenters. The number of benzene rings is 2. The lowest BCUT2D eigenvalue weighted by atomic mass is 9.92. The van der Waals surface area contributed by atoms with E-state index in [1.807, 2.05) is 31.2 Å². The Hall–Kier alpha value is -4.92. The third-order valence-corrected chi connectivity index (χ3v) is 5.85. The van der Waals surface area contributed by atoms with Crippen LogP contribution in [0.2, 0.25) is 0 Å². The SMILES string of the molecule is C=C1C=C(c2c(C)nn(-c3ccccc3C)c2Nc2ccccc2C(=O)O)C(OC)=C(F)/C1=N/C=C\N. The number of nitrogens with one attached hydrogen (secondary N) is 1. The van der Waals surface area contributed by atoms with Crippen molar-refractivity contribution in [2.75, 3.05) is 12.4 Å². The summed E-state index contributed by atoms with van der Waals surface area (Å²) >= 11 is 0. The lowest BCUT2D eigenvalue weighted by Crippen LogP contribution is -2.14. The van der Waals surface area contributed by atoms with Gasteiger partial charge in [-0.2, -0.15) is 5.10 Å². The van der Waals surface area contributed by atoms with Crippen molar-refractivity contribution in [3.8, 4) is 5.69 Å². The Morgan fingerprint density at radius 3 is 2.59 bits per heavy atom. The Bertz CT molecular complexity index is 1530. The van der Waals surface area contributed by atoms with E-state index in [9.17, 15) is 9.90 Å². The first-order chi connectivity index (χ1) is 17.8. The second kappa shape index (κ2) is 10.4. The van der Waals surface area contributed by atoms with Crippen LogP contribution in [0.5, 0.6) is 0 Å². The van der Waals surface area contributed by atoms with E-state index in [1.54, 1.807) is 35.9 Å². The number of aromatic carboxylic acids is 1. The van der Waals surface area contributed by atoms with E-state index in [0.29, 0.717) is 33.9 Å². The second-order valence-electron chi connectivity index (χ2n) is 8.23. The first kappa shape index (κ1) is 25.2. The van der Waals surface area contributed by atoms with Crippen LogP contribution in [0.1, 0.15) is 27.2 Å². The second-order valence-corrected chi connectivity index (χ2v) is 8.23. The molecule has 1 aliphatic carbocycles. The van der Waals surface area contributed by atoms with Gasteiger partial charge >= 0.3 is 5.97 Å². The summed E-state index contributed by atoms with van der Waals surface area (Å²) in [4.78, 5) is 16.0. The minimum absolute atomic E-state index is 0.00280. The van der Waals surface area contributed by atoms with Crippen molar-refractivity contribution >= 4 is 28.8 Å². The van der Waals surface area contributed by atoms with Gasteiger partial charge in [0.05, 0.1) is 35.3 Å². The summed E-state index contributed by atoms with van der Waals surface area (Å²) in [6, 6.07) is 14.2. The number of nitrogens with two attached hydrogens (primary N) is 1. The quantitative estimate of drug-likeness (QED) is 0.391. The van der Waals surface area contributed by atoms with Gasteiger partial charge in [-0.3, -0.25) is 4.99 Å². The highest BCUT2D eigenvalue weighted by molar-refractivity contribution is 6.18. The van der Waals surface area contributed by atoms with Gasteiger partial charge in [-0.15, -0.1) is 0 Å². The van der Waals surface area contributed by atoms with Crippen LogP contribution in [-0.4, -0.2) is 33.7 Å². The molecule has 0 saturated carbocycles. The minimum atomic E-state index is -1.09. The molecular formula is C28H26FN5O3. The van der Waals surface area contributed by atoms with Crippen LogP contribution in [0.15, 0.2) is 95.7 Å². The fourth-order valence-corrected chi connectivity index (χ4v) is 4.16. The van der Waals surface area contributed by atoms with Gasteiger partial charge in [0, 0.05) is 18.0 Å². The topological polar surface area (TPSA) is 115 Å². The number of carbonyl (C=O) groups is 1. The van der Waals surface area contributed by atoms with Gasteiger partial charge < -0.3 is 20.9 Å². The highest BCUT2D eigenvalue weighted by atomic mass is 19.1. The number of nitrogens with zero attached hydrogens (tertiary/aromatic N) is 3. The number of carboxylic acid groups (broad SMARTS) is 1. The average molecular weight is 500 g/mol. The summed E-state index contributed by atoms with van der Waals surface area (Å²) in [7, 11) is 1.36. The van der Waals surface area contributed by atoms with Crippen LogP contribution in [0.25, 0.3) is 11.3 Å². The summed E-state index contributed by atoms with van der Waals surface area (Å²) < 4.78 is 22.8. The highest BCUT2D eigenvalue weighted by Gasteiger charge is 2.31. The van der Waals surface area contributed by atoms with Crippen LogP contribution in [0.4, 0.5) is 15.9 Å². The summed E-state index contributed by atoms with van der Waals surface area (Å²) in [5, 5.41) is 17.8. The molecule has 0 amide bonds. The van der Waals surface area contributed by atoms with Gasteiger partial charge in [-0.25, -0.2) is 13.9 Å². The maximum absolute atomic E-state index is 15.6. The third-order valence-electron chi connectivity index (χ3n) is 5.85. The number of allylic oxidation sites excluding steroid dienone is 4. The van der Waals surface area contributed by atoms with E-state index in [1.165, 1.54) is 25.6 Å². The molecule has 4 rings (SSSR count). The maximum Gasteiger partial charge on any atom is 0.337 e. The molecule has 1 aliphatic rings. The van der Waals surface area contributed by atoms with Crippen molar-refractivity contribution in [2.45, 2.75) is 13.8 Å². The van der Waals surface area contributed by atoms with E-state index >= 15 is 4.39 Å². The molecule has 0 spiro atoms. The molecule has 3 aromatic rings. The number of carboxylic acids is 1. The fraction of sp³-hybridized carbons (Fsp3) is 0.107. The minimum Gasteiger partial charge on any atom is -0.493 e. The standard InChI is InChI=1S/C28H26FN5O3/c1-16-9-5-8-12-22(16)34-27(32-21-11-7-6-10-19(21)28(35)36)23(18(3)33-34)20-15-17(2)25(31-14-13-30)24(29)26(20)37-4/h5-15,32H,2,30H2,1,3-4H3,(H,35,36)/b14-13-,31-25+. The first-order valence-electron chi connectivity index (χ1n) is 11.3. The predicted molar refractivity (Wildman–Crippen MR) is 143 cm³/mol. The van der Waals surface area contributed by atoms with E-state index < -0.39 is 11.8 Å². The molecule has 2 aromatic carbocycles. The summed E-state index contributed by atoms with van der Waals surface area (Å²) in [6.07, 6.45) is 4.12. The number of aromatic nitrogens is 2. The van der Waals surface area contributed by atoms with Crippen molar-refractivity contribution in [1.29, 1.82) is 0 Å². The van der Waals surface area contributed by atoms with Crippen molar-refractivity contribution in [2.24, 2.45) is 10.7 Å². The fourth-order valence-electron chi connectivity index (χ4n) is 4.16. The molecule has 0 fully saturated rings. The third kappa shape index (κ3) is 4.66. The Kier molecular flexibility index (Phi) is 7.06. The Morgan fingerprint density at radius 2 is 1.92 bits per heavy atom. The van der Waals surface area contributed by atoms with Crippen LogP contribution in [0, 0.1) is 13.8 Å². The number of para-hydroxylation sites is 2. The predicted octanol–water partition coefficient (Wildman–Crippen LogP) is 5.58. The number of hydrogen-bond donors (Lipinski definition) is 3. The van der Waals surface area contributed by atoms with E-state index in [0.717, 1.165) is 11.3 Å². The average Bonchev–Trinajstić information content (AvgIpc) is 3.19. The van der Waals surface area contributed by atoms with E-state index in [-0.39, 0.29) is 17.0 Å². The molecule has 0 radical (unpaired) electrons. The van der Waals surface area contributed by atoms with Gasteiger partial charge in [0.25, 0.3) is 0 Å². The van der Waals surface area contributed by atoms with Crippen LogP contribution < -0.4 is 11.1 Å². The smallest absolute Gasteiger partial charge is 0.337 e. The Labute approximate surface area is 213 Å². The number of hydrogen-bond acceptors (Lipinski definition) is 6. The molecule has 9 heteroatoms. The van der Waals surface area contributed by atoms with Gasteiger partial charge in [0.1, 0.15) is 11.5 Å². The van der Waals surface area contributed by atoms with Gasteiger partial charge in [-0.1, -0.05) is 36.9 Å². The number of methoxy groups -OCH3 is 1. The molecule has 0 aliphatic heterocycles. The van der Waals surface area contributed by atoms with Crippen molar-refractivity contribution in [1.82, 2.24) is 9.78 Å². The Morgan fingerprint density at radius 1 is 1.22 bits per heavy atom. The van der Waals surface area contributed by atoms with Gasteiger partial charge in [-0.05, 0) is 49.3 Å². The number of anilines is 2. The zero-order valence-corrected chi connectivity index (χ0v) is 20.6. The van der Waals surface area contributed by atoms with Crippen LogP contribution >= 0.6 is 0 Å². The molecule has 4 N–H and O–H groups in total. The monoisotopic (exact) mass is 499 g/mol. The maximum atomic E-state index is 15.6. The molecule has 0 unspecified atom stereocenters.